The molecule has 0 saturated carbocycles. The van der Waals surface area contributed by atoms with Crippen LogP contribution in [0, 0.1) is 0 Å². The summed E-state index contributed by atoms with van der Waals surface area (Å²) in [6, 6.07) is 0. The number of aromatic amines is 2. The quantitative estimate of drug-likeness (QED) is 0.878. The number of hydrogen-bond acceptors (Lipinski definition) is 2. The third-order valence-corrected chi connectivity index (χ3v) is 2.11. The molecular weight excluding hydrogens is 235 g/mol. The van der Waals surface area contributed by atoms with Crippen molar-refractivity contribution in [3.8, 4) is 0 Å². The fraction of sp³-hybridized carbons (Fsp3) is 0.333. The Kier molecular flexibility index (Phi) is 6.05. The van der Waals surface area contributed by atoms with Gasteiger partial charge in [0.15, 0.2) is 0 Å². The zero-order valence-corrected chi connectivity index (χ0v) is 9.94. The Morgan fingerprint density at radius 1 is 1.07 bits per heavy atom. The molecule has 0 spiro atoms. The van der Waals surface area contributed by atoms with Crippen molar-refractivity contribution >= 4 is 24.8 Å². The average molecular weight is 249 g/mol. The van der Waals surface area contributed by atoms with Crippen LogP contribution >= 0.6 is 24.8 Å². The second-order valence-corrected chi connectivity index (χ2v) is 2.91. The van der Waals surface area contributed by atoms with Gasteiger partial charge < -0.3 is 9.97 Å². The van der Waals surface area contributed by atoms with Crippen molar-refractivity contribution in [2.75, 3.05) is 0 Å². The molecule has 0 amide bonds. The second kappa shape index (κ2) is 6.48. The van der Waals surface area contributed by atoms with Gasteiger partial charge in [-0.1, -0.05) is 6.92 Å². The molecule has 15 heavy (non-hydrogen) atoms. The average Bonchev–Trinajstić information content (AvgIpc) is 2.76. The van der Waals surface area contributed by atoms with E-state index in [0.29, 0.717) is 0 Å². The first-order valence-electron chi connectivity index (χ1n) is 4.40. The van der Waals surface area contributed by atoms with Gasteiger partial charge >= 0.3 is 0 Å². The van der Waals surface area contributed by atoms with Crippen LogP contribution in [0.25, 0.3) is 0 Å². The first-order valence-corrected chi connectivity index (χ1v) is 4.40. The third-order valence-electron chi connectivity index (χ3n) is 2.11. The summed E-state index contributed by atoms with van der Waals surface area (Å²) in [5.74, 6) is 2.19. The molecule has 0 atom stereocenters. The van der Waals surface area contributed by atoms with Gasteiger partial charge in [0.1, 0.15) is 11.6 Å². The van der Waals surface area contributed by atoms with Crippen molar-refractivity contribution in [2.45, 2.75) is 19.3 Å². The number of H-pyrrole nitrogens is 2. The minimum absolute atomic E-state index is 0. The smallest absolute Gasteiger partial charge is 0.116 e. The van der Waals surface area contributed by atoms with Crippen LogP contribution in [0.3, 0.4) is 0 Å². The Bertz CT molecular complexity index is 310. The van der Waals surface area contributed by atoms with E-state index >= 15 is 0 Å². The van der Waals surface area contributed by atoms with Crippen LogP contribution < -0.4 is 0 Å². The zero-order valence-electron chi connectivity index (χ0n) is 8.30. The van der Waals surface area contributed by atoms with Crippen molar-refractivity contribution in [2.24, 2.45) is 0 Å². The molecular formula is C9H14Cl2N4. The minimum atomic E-state index is 0. The first-order chi connectivity index (χ1) is 6.42. The van der Waals surface area contributed by atoms with Crippen LogP contribution in [0.15, 0.2) is 24.8 Å². The van der Waals surface area contributed by atoms with Gasteiger partial charge in [-0.3, -0.25) is 0 Å². The van der Waals surface area contributed by atoms with E-state index < -0.39 is 0 Å². The molecule has 84 valence electrons. The fourth-order valence-corrected chi connectivity index (χ4v) is 1.45. The van der Waals surface area contributed by atoms with Crippen LogP contribution in [0.1, 0.15) is 30.9 Å². The van der Waals surface area contributed by atoms with Gasteiger partial charge in [-0.05, 0) is 6.42 Å². The van der Waals surface area contributed by atoms with Gasteiger partial charge in [-0.25, -0.2) is 9.97 Å². The highest BCUT2D eigenvalue weighted by Crippen LogP contribution is 2.20. The summed E-state index contributed by atoms with van der Waals surface area (Å²) in [6.07, 6.45) is 8.19. The van der Waals surface area contributed by atoms with E-state index in [1.807, 2.05) is 12.4 Å². The zero-order chi connectivity index (χ0) is 9.10. The summed E-state index contributed by atoms with van der Waals surface area (Å²) in [7, 11) is 0. The highest BCUT2D eigenvalue weighted by atomic mass is 35.5. The van der Waals surface area contributed by atoms with E-state index in [0.717, 1.165) is 18.1 Å². The van der Waals surface area contributed by atoms with E-state index in [9.17, 15) is 0 Å². The van der Waals surface area contributed by atoms with Gasteiger partial charge in [-0.2, -0.15) is 0 Å². The summed E-state index contributed by atoms with van der Waals surface area (Å²) < 4.78 is 0. The first kappa shape index (κ1) is 14.0. The van der Waals surface area contributed by atoms with E-state index in [1.165, 1.54) is 0 Å². The molecule has 0 aromatic carbocycles. The lowest BCUT2D eigenvalue weighted by molar-refractivity contribution is 0.689. The lowest BCUT2D eigenvalue weighted by Gasteiger charge is -2.07. The Balaban J connectivity index is 0.000000980. The highest BCUT2D eigenvalue weighted by molar-refractivity contribution is 5.85. The third kappa shape index (κ3) is 2.97. The van der Waals surface area contributed by atoms with Crippen LogP contribution in [-0.4, -0.2) is 19.9 Å². The molecule has 0 aliphatic heterocycles. The number of nitrogens with one attached hydrogen (secondary N) is 2. The minimum Gasteiger partial charge on any atom is -0.348 e. The summed E-state index contributed by atoms with van der Waals surface area (Å²) in [6.45, 7) is 2.12. The predicted molar refractivity (Wildman–Crippen MR) is 63.8 cm³/mol. The van der Waals surface area contributed by atoms with Crippen molar-refractivity contribution in [3.63, 3.8) is 0 Å². The molecule has 0 bridgehead atoms. The maximum atomic E-state index is 4.23. The topological polar surface area (TPSA) is 57.4 Å². The highest BCUT2D eigenvalue weighted by Gasteiger charge is 2.15. The Morgan fingerprint density at radius 3 is 1.80 bits per heavy atom. The van der Waals surface area contributed by atoms with Crippen molar-refractivity contribution in [3.05, 3.63) is 36.4 Å². The summed E-state index contributed by atoms with van der Waals surface area (Å²) in [5, 5.41) is 0. The Labute approximate surface area is 101 Å². The van der Waals surface area contributed by atoms with Crippen molar-refractivity contribution in [1.82, 2.24) is 19.9 Å². The molecule has 2 heterocycles. The molecule has 0 aliphatic rings. The maximum Gasteiger partial charge on any atom is 0.116 e. The molecule has 2 N–H and O–H groups in total. The molecule has 4 nitrogen and oxygen atoms in total. The van der Waals surface area contributed by atoms with E-state index in [4.69, 9.17) is 0 Å². The lowest BCUT2D eigenvalue weighted by Crippen LogP contribution is -2.03. The monoisotopic (exact) mass is 248 g/mol. The maximum absolute atomic E-state index is 4.23. The molecule has 6 heteroatoms. The number of rotatable bonds is 3. The van der Waals surface area contributed by atoms with E-state index in [2.05, 4.69) is 26.9 Å². The fourth-order valence-electron chi connectivity index (χ4n) is 1.45. The van der Waals surface area contributed by atoms with Gasteiger partial charge in [0, 0.05) is 24.8 Å². The predicted octanol–water partition coefficient (Wildman–Crippen LogP) is 2.52. The van der Waals surface area contributed by atoms with Gasteiger partial charge in [-0.15, -0.1) is 24.8 Å². The molecule has 0 fully saturated rings. The van der Waals surface area contributed by atoms with Crippen LogP contribution in [0.5, 0.6) is 0 Å². The van der Waals surface area contributed by atoms with Gasteiger partial charge in [0.25, 0.3) is 0 Å². The van der Waals surface area contributed by atoms with Crippen molar-refractivity contribution in [1.29, 1.82) is 0 Å². The number of imidazole rings is 2. The standard InChI is InChI=1S/C9H12N4.2ClH/c1-2-7(8-10-3-4-11-8)9-12-5-6-13-9;;/h3-7H,2H2,1H3,(H,10,11)(H,12,13);2*1H. The summed E-state index contributed by atoms with van der Waals surface area (Å²) in [5.41, 5.74) is 0. The van der Waals surface area contributed by atoms with Gasteiger partial charge in [0.05, 0.1) is 5.92 Å². The molecule has 0 aliphatic carbocycles. The van der Waals surface area contributed by atoms with Crippen molar-refractivity contribution < 1.29 is 0 Å². The number of nitrogens with zero attached hydrogens (tertiary/aromatic N) is 2. The molecule has 0 radical (unpaired) electrons. The summed E-state index contributed by atoms with van der Waals surface area (Å²) >= 11 is 0. The van der Waals surface area contributed by atoms with Crippen LogP contribution in [0.2, 0.25) is 0 Å². The van der Waals surface area contributed by atoms with Crippen LogP contribution in [0.4, 0.5) is 0 Å². The normalized spacial score (nSPS) is 9.47. The van der Waals surface area contributed by atoms with Gasteiger partial charge in [0.2, 0.25) is 0 Å². The SMILES string of the molecule is CCC(c1ncc[nH]1)c1ncc[nH]1.Cl.Cl. The second-order valence-electron chi connectivity index (χ2n) is 2.91. The molecule has 0 saturated heterocycles. The Morgan fingerprint density at radius 2 is 1.53 bits per heavy atom. The summed E-state index contributed by atoms with van der Waals surface area (Å²) in [4.78, 5) is 14.7. The molecule has 2 rings (SSSR count). The number of halogens is 2. The molecule has 2 aromatic rings. The van der Waals surface area contributed by atoms with E-state index in [1.54, 1.807) is 12.4 Å². The Hall–Kier alpha value is -1.000. The van der Waals surface area contributed by atoms with E-state index in [-0.39, 0.29) is 30.7 Å². The van der Waals surface area contributed by atoms with Crippen LogP contribution in [-0.2, 0) is 0 Å². The lowest BCUT2D eigenvalue weighted by atomic mass is 10.1. The largest absolute Gasteiger partial charge is 0.348 e. The molecule has 0 unspecified atom stereocenters. The number of aromatic nitrogens is 4. The molecule has 2 aromatic heterocycles. The number of hydrogen-bond donors (Lipinski definition) is 2.